The first-order chi connectivity index (χ1) is 9.63. The minimum Gasteiger partial charge on any atom is -0.482 e. The summed E-state index contributed by atoms with van der Waals surface area (Å²) < 4.78 is 11.4. The summed E-state index contributed by atoms with van der Waals surface area (Å²) in [7, 11) is 0. The second-order valence-electron chi connectivity index (χ2n) is 4.42. The van der Waals surface area contributed by atoms with Gasteiger partial charge < -0.3 is 9.47 Å². The van der Waals surface area contributed by atoms with Crippen LogP contribution in [0.1, 0.15) is 11.9 Å². The first kappa shape index (κ1) is 12.9. The molecule has 1 aliphatic rings. The van der Waals surface area contributed by atoms with Gasteiger partial charge in [-0.25, -0.2) is 0 Å². The van der Waals surface area contributed by atoms with E-state index in [-0.39, 0.29) is 12.0 Å². The Morgan fingerprint density at radius 1 is 1.25 bits per heavy atom. The van der Waals surface area contributed by atoms with Crippen molar-refractivity contribution < 1.29 is 14.3 Å². The lowest BCUT2D eigenvalue weighted by Gasteiger charge is -2.30. The monoisotopic (exact) mass is 291 g/mol. The maximum absolute atomic E-state index is 12.2. The molecule has 0 aliphatic carbocycles. The molecule has 1 amide bonds. The molecule has 0 bridgehead atoms. The lowest BCUT2D eigenvalue weighted by molar-refractivity contribution is -0.128. The Hall–Kier alpha value is -2.15. The number of nitrogens with zero attached hydrogens (tertiary/aromatic N) is 2. The third-order valence-corrected chi connectivity index (χ3v) is 3.61. The molecule has 7 heteroatoms. The Kier molecular flexibility index (Phi) is 3.27. The Balaban J connectivity index is 1.75. The highest BCUT2D eigenvalue weighted by atomic mass is 32.1. The largest absolute Gasteiger partial charge is 0.482 e. The molecule has 0 spiro atoms. The van der Waals surface area contributed by atoms with E-state index in [1.807, 2.05) is 25.1 Å². The van der Waals surface area contributed by atoms with Gasteiger partial charge >= 0.3 is 0 Å². The number of hydrogen-bond donors (Lipinski definition) is 1. The number of para-hydroxylation sites is 2. The average molecular weight is 291 g/mol. The van der Waals surface area contributed by atoms with Gasteiger partial charge in [-0.05, 0) is 26.0 Å². The van der Waals surface area contributed by atoms with Crippen molar-refractivity contribution in [3.8, 4) is 11.5 Å². The van der Waals surface area contributed by atoms with E-state index < -0.39 is 6.10 Å². The zero-order chi connectivity index (χ0) is 14.1. The summed E-state index contributed by atoms with van der Waals surface area (Å²) in [6.45, 7) is 3.62. The van der Waals surface area contributed by atoms with E-state index in [4.69, 9.17) is 9.47 Å². The van der Waals surface area contributed by atoms with Crippen LogP contribution in [0.2, 0.25) is 0 Å². The molecule has 2 aromatic rings. The van der Waals surface area contributed by atoms with Crippen molar-refractivity contribution in [3.63, 3.8) is 0 Å². The summed E-state index contributed by atoms with van der Waals surface area (Å²) in [4.78, 5) is 12.2. The van der Waals surface area contributed by atoms with Crippen molar-refractivity contribution in [2.24, 2.45) is 0 Å². The Morgan fingerprint density at radius 3 is 2.60 bits per heavy atom. The van der Waals surface area contributed by atoms with E-state index in [0.717, 1.165) is 5.01 Å². The third-order valence-electron chi connectivity index (χ3n) is 2.86. The second kappa shape index (κ2) is 5.09. The molecule has 1 aliphatic heterocycles. The van der Waals surface area contributed by atoms with Crippen LogP contribution in [0.4, 0.5) is 5.13 Å². The van der Waals surface area contributed by atoms with Gasteiger partial charge in [-0.1, -0.05) is 23.5 Å². The molecule has 0 fully saturated rings. The van der Waals surface area contributed by atoms with E-state index in [9.17, 15) is 4.79 Å². The second-order valence-corrected chi connectivity index (χ2v) is 5.61. The lowest BCUT2D eigenvalue weighted by atomic mass is 10.1. The maximum Gasteiger partial charge on any atom is 0.271 e. The van der Waals surface area contributed by atoms with Crippen LogP contribution in [0, 0.1) is 6.92 Å². The van der Waals surface area contributed by atoms with E-state index in [2.05, 4.69) is 15.5 Å². The van der Waals surface area contributed by atoms with Crippen LogP contribution in [0.25, 0.3) is 0 Å². The smallest absolute Gasteiger partial charge is 0.271 e. The van der Waals surface area contributed by atoms with Crippen LogP contribution >= 0.6 is 11.3 Å². The number of ether oxygens (including phenoxy) is 2. The zero-order valence-electron chi connectivity index (χ0n) is 11.0. The Labute approximate surface area is 119 Å². The number of rotatable bonds is 2. The molecule has 0 radical (unpaired) electrons. The first-order valence-electron chi connectivity index (χ1n) is 6.17. The number of benzene rings is 1. The molecule has 1 N–H and O–H groups in total. The molecule has 0 unspecified atom stereocenters. The predicted molar refractivity (Wildman–Crippen MR) is 74.2 cm³/mol. The SMILES string of the molecule is Cc1nnc(NC(=O)[C@@H]2Oc3ccccc3O[C@@H]2C)s1. The van der Waals surface area contributed by atoms with Crippen molar-refractivity contribution >= 4 is 22.4 Å². The summed E-state index contributed by atoms with van der Waals surface area (Å²) in [6.07, 6.45) is -1.09. The molecule has 6 nitrogen and oxygen atoms in total. The summed E-state index contributed by atoms with van der Waals surface area (Å²) in [5.74, 6) is 0.929. The number of carbonyl (C=O) groups excluding carboxylic acids is 1. The molecule has 2 heterocycles. The molecule has 2 atom stereocenters. The standard InChI is InChI=1S/C13H13N3O3S/c1-7-11(12(17)14-13-16-15-8(2)20-13)19-10-6-4-3-5-9(10)18-7/h3-7,11H,1-2H3,(H,14,16,17)/t7-,11-/m1/s1. The quantitative estimate of drug-likeness (QED) is 0.916. The van der Waals surface area contributed by atoms with Gasteiger partial charge in [0.1, 0.15) is 11.1 Å². The van der Waals surface area contributed by atoms with Crippen molar-refractivity contribution in [2.45, 2.75) is 26.1 Å². The summed E-state index contributed by atoms with van der Waals surface area (Å²) in [6, 6.07) is 7.28. The number of carbonyl (C=O) groups is 1. The summed E-state index contributed by atoms with van der Waals surface area (Å²) >= 11 is 1.32. The van der Waals surface area contributed by atoms with Gasteiger partial charge in [0.2, 0.25) is 11.2 Å². The van der Waals surface area contributed by atoms with Crippen molar-refractivity contribution in [2.75, 3.05) is 5.32 Å². The van der Waals surface area contributed by atoms with Crippen LogP contribution in [0.3, 0.4) is 0 Å². The van der Waals surface area contributed by atoms with Crippen LogP contribution in [-0.2, 0) is 4.79 Å². The fourth-order valence-electron chi connectivity index (χ4n) is 1.93. The molecular formula is C13H13N3O3S. The molecular weight excluding hydrogens is 278 g/mol. The molecule has 0 saturated heterocycles. The molecule has 20 heavy (non-hydrogen) atoms. The van der Waals surface area contributed by atoms with Gasteiger partial charge in [0, 0.05) is 0 Å². The van der Waals surface area contributed by atoms with Gasteiger partial charge in [0.25, 0.3) is 5.91 Å². The van der Waals surface area contributed by atoms with Crippen LogP contribution in [-0.4, -0.2) is 28.3 Å². The summed E-state index contributed by atoms with van der Waals surface area (Å²) in [5.41, 5.74) is 0. The topological polar surface area (TPSA) is 73.3 Å². The van der Waals surface area contributed by atoms with Gasteiger partial charge in [-0.2, -0.15) is 0 Å². The van der Waals surface area contributed by atoms with Gasteiger partial charge in [0.15, 0.2) is 11.5 Å². The highest BCUT2D eigenvalue weighted by molar-refractivity contribution is 7.15. The fourth-order valence-corrected chi connectivity index (χ4v) is 2.52. The van der Waals surface area contributed by atoms with E-state index in [1.165, 1.54) is 11.3 Å². The normalized spacial score (nSPS) is 20.5. The summed E-state index contributed by atoms with van der Waals surface area (Å²) in [5, 5.41) is 11.7. The zero-order valence-corrected chi connectivity index (χ0v) is 11.8. The number of anilines is 1. The number of aromatic nitrogens is 2. The van der Waals surface area contributed by atoms with E-state index in [1.54, 1.807) is 13.0 Å². The maximum atomic E-state index is 12.2. The highest BCUT2D eigenvalue weighted by Gasteiger charge is 2.34. The number of aryl methyl sites for hydroxylation is 1. The Bertz CT molecular complexity index is 643. The Morgan fingerprint density at radius 2 is 1.95 bits per heavy atom. The predicted octanol–water partition coefficient (Wildman–Crippen LogP) is 2.01. The van der Waals surface area contributed by atoms with Crippen LogP contribution in [0.15, 0.2) is 24.3 Å². The first-order valence-corrected chi connectivity index (χ1v) is 6.98. The molecule has 1 aromatic heterocycles. The van der Waals surface area contributed by atoms with Gasteiger partial charge in [-0.3, -0.25) is 10.1 Å². The highest BCUT2D eigenvalue weighted by Crippen LogP contribution is 2.33. The number of nitrogens with one attached hydrogen (secondary N) is 1. The van der Waals surface area contributed by atoms with Crippen molar-refractivity contribution in [1.29, 1.82) is 0 Å². The van der Waals surface area contributed by atoms with Crippen LogP contribution < -0.4 is 14.8 Å². The fraction of sp³-hybridized carbons (Fsp3) is 0.308. The number of amides is 1. The number of fused-ring (bicyclic) bond motifs is 1. The van der Waals surface area contributed by atoms with Crippen molar-refractivity contribution in [1.82, 2.24) is 10.2 Å². The van der Waals surface area contributed by atoms with Crippen LogP contribution in [0.5, 0.6) is 11.5 Å². The van der Waals surface area contributed by atoms with E-state index in [0.29, 0.717) is 16.6 Å². The molecule has 1 aromatic carbocycles. The van der Waals surface area contributed by atoms with Gasteiger partial charge in [0.05, 0.1) is 0 Å². The number of hydrogen-bond acceptors (Lipinski definition) is 6. The average Bonchev–Trinajstić information content (AvgIpc) is 2.83. The minimum absolute atomic E-state index is 0.289. The third kappa shape index (κ3) is 2.44. The van der Waals surface area contributed by atoms with Gasteiger partial charge in [-0.15, -0.1) is 10.2 Å². The van der Waals surface area contributed by atoms with E-state index >= 15 is 0 Å². The molecule has 104 valence electrons. The lowest BCUT2D eigenvalue weighted by Crippen LogP contribution is -2.46. The van der Waals surface area contributed by atoms with Crippen molar-refractivity contribution in [3.05, 3.63) is 29.3 Å². The molecule has 0 saturated carbocycles. The molecule has 3 rings (SSSR count). The minimum atomic E-state index is -0.714.